The molecule has 3 nitrogen and oxygen atoms in total. The second-order valence-electron chi connectivity index (χ2n) is 4.40. The summed E-state index contributed by atoms with van der Waals surface area (Å²) in [5.41, 5.74) is 2.02. The normalized spacial score (nSPS) is 10.8. The number of amides is 1. The Bertz CT molecular complexity index is 582. The zero-order valence-electron chi connectivity index (χ0n) is 11.1. The molecule has 2 aromatic rings. The van der Waals surface area contributed by atoms with Crippen molar-refractivity contribution in [3.63, 3.8) is 0 Å². The molecule has 3 heteroatoms. The Morgan fingerprint density at radius 1 is 1.26 bits per heavy atom. The van der Waals surface area contributed by atoms with Crippen LogP contribution in [-0.2, 0) is 11.3 Å². The van der Waals surface area contributed by atoms with E-state index in [-0.39, 0.29) is 5.91 Å². The predicted octanol–water partition coefficient (Wildman–Crippen LogP) is 3.23. The van der Waals surface area contributed by atoms with Crippen LogP contribution in [0.5, 0.6) is 0 Å². The molecular formula is C16H17NO2. The molecule has 98 valence electrons. The molecule has 1 amide bonds. The van der Waals surface area contributed by atoms with E-state index in [0.717, 1.165) is 22.6 Å². The van der Waals surface area contributed by atoms with Crippen molar-refractivity contribution in [3.05, 3.63) is 65.1 Å². The monoisotopic (exact) mass is 255 g/mol. The number of furan rings is 1. The maximum atomic E-state index is 11.7. The number of benzene rings is 1. The van der Waals surface area contributed by atoms with Gasteiger partial charge < -0.3 is 9.73 Å². The molecule has 0 aliphatic heterocycles. The van der Waals surface area contributed by atoms with Crippen LogP contribution in [0.1, 0.15) is 22.6 Å². The fourth-order valence-corrected chi connectivity index (χ4v) is 1.84. The molecule has 0 saturated carbocycles. The summed E-state index contributed by atoms with van der Waals surface area (Å²) in [6.45, 7) is 4.28. The molecule has 2 rings (SSSR count). The Kier molecular flexibility index (Phi) is 4.18. The first-order chi connectivity index (χ1) is 9.15. The zero-order chi connectivity index (χ0) is 13.7. The summed E-state index contributed by atoms with van der Waals surface area (Å²) in [4.78, 5) is 11.7. The van der Waals surface area contributed by atoms with Gasteiger partial charge in [-0.25, -0.2) is 0 Å². The summed E-state index contributed by atoms with van der Waals surface area (Å²) >= 11 is 0. The number of rotatable bonds is 4. The zero-order valence-corrected chi connectivity index (χ0v) is 11.1. The van der Waals surface area contributed by atoms with E-state index < -0.39 is 0 Å². The van der Waals surface area contributed by atoms with Crippen LogP contribution in [0.25, 0.3) is 6.08 Å². The van der Waals surface area contributed by atoms with Gasteiger partial charge in [-0.2, -0.15) is 0 Å². The van der Waals surface area contributed by atoms with Gasteiger partial charge in [0.2, 0.25) is 5.91 Å². The molecule has 0 aliphatic carbocycles. The van der Waals surface area contributed by atoms with Gasteiger partial charge in [0.05, 0.1) is 0 Å². The highest BCUT2D eigenvalue weighted by atomic mass is 16.3. The van der Waals surface area contributed by atoms with E-state index in [2.05, 4.69) is 5.32 Å². The molecule has 0 aliphatic rings. The Morgan fingerprint density at radius 3 is 2.63 bits per heavy atom. The Hall–Kier alpha value is -2.29. The lowest BCUT2D eigenvalue weighted by Crippen LogP contribution is -2.20. The summed E-state index contributed by atoms with van der Waals surface area (Å²) in [6, 6.07) is 11.7. The number of hydrogen-bond acceptors (Lipinski definition) is 2. The third kappa shape index (κ3) is 3.85. The molecule has 0 spiro atoms. The van der Waals surface area contributed by atoms with Crippen LogP contribution in [0.2, 0.25) is 0 Å². The highest BCUT2D eigenvalue weighted by Gasteiger charge is 2.04. The molecule has 0 unspecified atom stereocenters. The van der Waals surface area contributed by atoms with E-state index in [1.165, 1.54) is 6.08 Å². The SMILES string of the molecule is Cc1cc(CNC(=O)C=Cc2ccccc2)c(C)o1. The first-order valence-electron chi connectivity index (χ1n) is 6.22. The number of nitrogens with one attached hydrogen (secondary N) is 1. The minimum Gasteiger partial charge on any atom is -0.466 e. The van der Waals surface area contributed by atoms with E-state index in [1.807, 2.05) is 50.2 Å². The lowest BCUT2D eigenvalue weighted by molar-refractivity contribution is -0.116. The van der Waals surface area contributed by atoms with Crippen molar-refractivity contribution < 1.29 is 9.21 Å². The molecule has 0 radical (unpaired) electrons. The van der Waals surface area contributed by atoms with Crippen LogP contribution in [0.15, 0.2) is 46.9 Å². The van der Waals surface area contributed by atoms with Crippen LogP contribution < -0.4 is 5.32 Å². The molecule has 0 saturated heterocycles. The molecule has 1 aromatic heterocycles. The van der Waals surface area contributed by atoms with Gasteiger partial charge in [0.15, 0.2) is 0 Å². The van der Waals surface area contributed by atoms with Gasteiger partial charge in [-0.3, -0.25) is 4.79 Å². The van der Waals surface area contributed by atoms with Crippen LogP contribution in [0.4, 0.5) is 0 Å². The highest BCUT2D eigenvalue weighted by molar-refractivity contribution is 5.91. The minimum absolute atomic E-state index is 0.109. The fraction of sp³-hybridized carbons (Fsp3) is 0.188. The lowest BCUT2D eigenvalue weighted by Gasteiger charge is -2.00. The van der Waals surface area contributed by atoms with Crippen molar-refractivity contribution in [2.24, 2.45) is 0 Å². The van der Waals surface area contributed by atoms with Gasteiger partial charge in [0, 0.05) is 18.2 Å². The van der Waals surface area contributed by atoms with Crippen LogP contribution in [0.3, 0.4) is 0 Å². The molecule has 0 atom stereocenters. The highest BCUT2D eigenvalue weighted by Crippen LogP contribution is 2.13. The summed E-state index contributed by atoms with van der Waals surface area (Å²) in [5, 5.41) is 2.84. The maximum absolute atomic E-state index is 11.7. The number of aryl methyl sites for hydroxylation is 2. The third-order valence-electron chi connectivity index (χ3n) is 2.82. The summed E-state index contributed by atoms with van der Waals surface area (Å²) in [7, 11) is 0. The lowest BCUT2D eigenvalue weighted by atomic mass is 10.2. The third-order valence-corrected chi connectivity index (χ3v) is 2.82. The van der Waals surface area contributed by atoms with E-state index in [0.29, 0.717) is 6.54 Å². The molecule has 1 aromatic carbocycles. The Balaban J connectivity index is 1.88. The van der Waals surface area contributed by atoms with E-state index in [1.54, 1.807) is 6.08 Å². The molecule has 1 heterocycles. The standard InChI is InChI=1S/C16H17NO2/c1-12-10-15(13(2)19-12)11-17-16(18)9-8-14-6-4-3-5-7-14/h3-10H,11H2,1-2H3,(H,17,18). The molecular weight excluding hydrogens is 238 g/mol. The first kappa shape index (κ1) is 13.1. The first-order valence-corrected chi connectivity index (χ1v) is 6.22. The second-order valence-corrected chi connectivity index (χ2v) is 4.40. The Labute approximate surface area is 112 Å². The van der Waals surface area contributed by atoms with Gasteiger partial charge in [-0.1, -0.05) is 30.3 Å². The van der Waals surface area contributed by atoms with Crippen molar-refractivity contribution in [3.8, 4) is 0 Å². The largest absolute Gasteiger partial charge is 0.466 e. The van der Waals surface area contributed by atoms with Gasteiger partial charge in [-0.15, -0.1) is 0 Å². The summed E-state index contributed by atoms with van der Waals surface area (Å²) in [6.07, 6.45) is 3.33. The molecule has 1 N–H and O–H groups in total. The summed E-state index contributed by atoms with van der Waals surface area (Å²) < 4.78 is 5.41. The van der Waals surface area contributed by atoms with Gasteiger partial charge >= 0.3 is 0 Å². The van der Waals surface area contributed by atoms with E-state index >= 15 is 0 Å². The minimum atomic E-state index is -0.109. The number of hydrogen-bond donors (Lipinski definition) is 1. The van der Waals surface area contributed by atoms with Crippen molar-refractivity contribution in [2.45, 2.75) is 20.4 Å². The smallest absolute Gasteiger partial charge is 0.244 e. The molecule has 0 fully saturated rings. The van der Waals surface area contributed by atoms with Crippen molar-refractivity contribution >= 4 is 12.0 Å². The van der Waals surface area contributed by atoms with Crippen molar-refractivity contribution in [2.75, 3.05) is 0 Å². The van der Waals surface area contributed by atoms with Crippen LogP contribution in [-0.4, -0.2) is 5.91 Å². The van der Waals surface area contributed by atoms with Crippen LogP contribution >= 0.6 is 0 Å². The van der Waals surface area contributed by atoms with Crippen molar-refractivity contribution in [1.82, 2.24) is 5.32 Å². The van der Waals surface area contributed by atoms with E-state index in [4.69, 9.17) is 4.42 Å². The van der Waals surface area contributed by atoms with Crippen LogP contribution in [0, 0.1) is 13.8 Å². The maximum Gasteiger partial charge on any atom is 0.244 e. The Morgan fingerprint density at radius 2 is 2.00 bits per heavy atom. The van der Waals surface area contributed by atoms with E-state index in [9.17, 15) is 4.79 Å². The number of carbonyl (C=O) groups is 1. The summed E-state index contributed by atoms with van der Waals surface area (Å²) in [5.74, 6) is 1.61. The quantitative estimate of drug-likeness (QED) is 0.852. The second kappa shape index (κ2) is 6.05. The molecule has 19 heavy (non-hydrogen) atoms. The van der Waals surface area contributed by atoms with Gasteiger partial charge in [0.25, 0.3) is 0 Å². The molecule has 0 bridgehead atoms. The predicted molar refractivity (Wildman–Crippen MR) is 75.5 cm³/mol. The van der Waals surface area contributed by atoms with Crippen molar-refractivity contribution in [1.29, 1.82) is 0 Å². The fourth-order valence-electron chi connectivity index (χ4n) is 1.84. The van der Waals surface area contributed by atoms with Gasteiger partial charge in [0.1, 0.15) is 11.5 Å². The topological polar surface area (TPSA) is 42.2 Å². The van der Waals surface area contributed by atoms with Gasteiger partial charge in [-0.05, 0) is 31.6 Å². The average Bonchev–Trinajstić information content (AvgIpc) is 2.73. The average molecular weight is 255 g/mol. The number of carbonyl (C=O) groups excluding carboxylic acids is 1.